The highest BCUT2D eigenvalue weighted by Gasteiger charge is 2.15. The van der Waals surface area contributed by atoms with Crippen LogP contribution < -0.4 is 11.1 Å². The monoisotopic (exact) mass is 328 g/mol. The van der Waals surface area contributed by atoms with Gasteiger partial charge >= 0.3 is 11.9 Å². The number of carboxylic acid groups (broad SMARTS) is 1. The van der Waals surface area contributed by atoms with Gasteiger partial charge in [0.25, 0.3) is 0 Å². The molecule has 0 unspecified atom stereocenters. The quantitative estimate of drug-likeness (QED) is 0.546. The number of carbonyl (C=O) groups excluding carboxylic acids is 1. The molecule has 0 aliphatic heterocycles. The molecule has 1 aromatic carbocycles. The van der Waals surface area contributed by atoms with Crippen LogP contribution in [-0.4, -0.2) is 36.2 Å². The summed E-state index contributed by atoms with van der Waals surface area (Å²) >= 11 is 6.05. The van der Waals surface area contributed by atoms with Gasteiger partial charge in [-0.1, -0.05) is 36.4 Å². The number of esters is 1. The maximum Gasteiger partial charge on any atom is 0.328 e. The topological polar surface area (TPSA) is 102 Å². The third kappa shape index (κ3) is 7.66. The number of aryl methyl sites for hydroxylation is 1. The number of aliphatic carboxylic acids is 1. The van der Waals surface area contributed by atoms with Gasteiger partial charge in [0.05, 0.1) is 17.3 Å². The van der Waals surface area contributed by atoms with E-state index in [1.165, 1.54) is 6.08 Å². The van der Waals surface area contributed by atoms with Crippen molar-refractivity contribution in [3.05, 3.63) is 41.4 Å². The summed E-state index contributed by atoms with van der Waals surface area (Å²) in [5, 5.41) is 11.2. The Labute approximate surface area is 134 Å². The van der Waals surface area contributed by atoms with E-state index in [1.807, 2.05) is 19.1 Å². The average molecular weight is 329 g/mol. The number of hydrogen-bond acceptors (Lipinski definition) is 5. The van der Waals surface area contributed by atoms with Gasteiger partial charge in [0.2, 0.25) is 0 Å². The van der Waals surface area contributed by atoms with Crippen molar-refractivity contribution in [3.8, 4) is 0 Å². The molecule has 0 aliphatic carbocycles. The van der Waals surface area contributed by atoms with E-state index in [9.17, 15) is 9.59 Å². The maximum absolute atomic E-state index is 11.6. The molecule has 22 heavy (non-hydrogen) atoms. The summed E-state index contributed by atoms with van der Waals surface area (Å²) in [7, 11) is 0. The van der Waals surface area contributed by atoms with Gasteiger partial charge in [-0.3, -0.25) is 4.79 Å². The van der Waals surface area contributed by atoms with Crippen LogP contribution in [0.2, 0.25) is 5.02 Å². The van der Waals surface area contributed by atoms with E-state index in [0.717, 1.165) is 11.3 Å². The van der Waals surface area contributed by atoms with Gasteiger partial charge in [-0.25, -0.2) is 4.79 Å². The molecule has 0 fully saturated rings. The summed E-state index contributed by atoms with van der Waals surface area (Å²) in [6.45, 7) is 7.08. The molecule has 1 atom stereocenters. The van der Waals surface area contributed by atoms with E-state index in [2.05, 4.69) is 17.6 Å². The zero-order valence-corrected chi connectivity index (χ0v) is 13.4. The van der Waals surface area contributed by atoms with E-state index in [1.54, 1.807) is 13.0 Å². The lowest BCUT2D eigenvalue weighted by Crippen LogP contribution is -2.28. The zero-order chi connectivity index (χ0) is 17.1. The first kappa shape index (κ1) is 19.9. The predicted octanol–water partition coefficient (Wildman–Crippen LogP) is 2.21. The molecular weight excluding hydrogens is 308 g/mol. The van der Waals surface area contributed by atoms with Crippen LogP contribution in [0.25, 0.3) is 0 Å². The number of nitrogens with two attached hydrogens (primary N) is 1. The summed E-state index contributed by atoms with van der Waals surface area (Å²) in [5.41, 5.74) is 6.32. The molecule has 0 aliphatic rings. The first-order valence-electron chi connectivity index (χ1n) is 6.54. The van der Waals surface area contributed by atoms with Crippen molar-refractivity contribution in [2.75, 3.05) is 18.5 Å². The second-order valence-corrected chi connectivity index (χ2v) is 4.72. The van der Waals surface area contributed by atoms with Gasteiger partial charge in [-0.2, -0.15) is 0 Å². The lowest BCUT2D eigenvalue weighted by molar-refractivity contribution is -0.143. The Morgan fingerprint density at radius 3 is 2.59 bits per heavy atom. The number of halogens is 1. The van der Waals surface area contributed by atoms with Gasteiger partial charge in [-0.15, -0.1) is 0 Å². The van der Waals surface area contributed by atoms with Crippen molar-refractivity contribution in [2.24, 2.45) is 5.73 Å². The average Bonchev–Trinajstić information content (AvgIpc) is 2.48. The predicted molar refractivity (Wildman–Crippen MR) is 87.1 cm³/mol. The van der Waals surface area contributed by atoms with E-state index in [-0.39, 0.29) is 19.1 Å². The van der Waals surface area contributed by atoms with E-state index in [0.29, 0.717) is 5.02 Å². The van der Waals surface area contributed by atoms with Crippen molar-refractivity contribution >= 4 is 29.2 Å². The molecule has 1 rings (SSSR count). The molecule has 7 heteroatoms. The van der Waals surface area contributed by atoms with Gasteiger partial charge in [0.1, 0.15) is 12.6 Å². The number of ether oxygens (including phenoxy) is 1. The largest absolute Gasteiger partial charge is 0.480 e. The number of para-hydroxylation sites is 1. The summed E-state index contributed by atoms with van der Waals surface area (Å²) in [6, 6.07) is 5.12. The smallest absolute Gasteiger partial charge is 0.328 e. The third-order valence-electron chi connectivity index (χ3n) is 2.45. The second kappa shape index (κ2) is 10.6. The highest BCUT2D eigenvalue weighted by atomic mass is 35.5. The molecule has 4 N–H and O–H groups in total. The summed E-state index contributed by atoms with van der Waals surface area (Å²) in [4.78, 5) is 20.8. The minimum Gasteiger partial charge on any atom is -0.480 e. The van der Waals surface area contributed by atoms with E-state index >= 15 is 0 Å². The van der Waals surface area contributed by atoms with Crippen molar-refractivity contribution < 1.29 is 19.4 Å². The highest BCUT2D eigenvalue weighted by Crippen LogP contribution is 2.25. The van der Waals surface area contributed by atoms with Crippen LogP contribution in [0.5, 0.6) is 0 Å². The zero-order valence-electron chi connectivity index (χ0n) is 12.6. The number of carbonyl (C=O) groups is 2. The number of carboxylic acids is 1. The molecule has 122 valence electrons. The fourth-order valence-corrected chi connectivity index (χ4v) is 1.63. The van der Waals surface area contributed by atoms with Gasteiger partial charge in [-0.05, 0) is 25.5 Å². The third-order valence-corrected chi connectivity index (χ3v) is 2.77. The van der Waals surface area contributed by atoms with Crippen LogP contribution in [-0.2, 0) is 14.3 Å². The Bertz CT molecular complexity index is 500. The molecule has 1 aromatic rings. The van der Waals surface area contributed by atoms with Crippen LogP contribution in [0, 0.1) is 6.92 Å². The number of anilines is 1. The maximum atomic E-state index is 11.6. The fraction of sp³-hybridized carbons (Fsp3) is 0.333. The first-order valence-corrected chi connectivity index (χ1v) is 6.92. The Balaban J connectivity index is 0.000000763. The Kier molecular flexibility index (Phi) is 9.65. The standard InChI is InChI=1S/C13H16ClNO2.C2H5NO2/c1-4-8-17-13(16)10(3)15-12-9(2)6-5-7-11(12)14;3-1-2(4)5/h4-7,10,15H,1,8H2,2-3H3;1,3H2,(H,4,5)/t10-;/m0./s1. The summed E-state index contributed by atoms with van der Waals surface area (Å²) < 4.78 is 4.94. The molecule has 0 heterocycles. The van der Waals surface area contributed by atoms with Crippen LogP contribution >= 0.6 is 11.6 Å². The number of benzene rings is 1. The van der Waals surface area contributed by atoms with Crippen LogP contribution in [0.15, 0.2) is 30.9 Å². The molecule has 0 saturated carbocycles. The van der Waals surface area contributed by atoms with Crippen molar-refractivity contribution in [2.45, 2.75) is 19.9 Å². The Morgan fingerprint density at radius 1 is 1.55 bits per heavy atom. The highest BCUT2D eigenvalue weighted by molar-refractivity contribution is 6.33. The van der Waals surface area contributed by atoms with E-state index in [4.69, 9.17) is 21.4 Å². The first-order chi connectivity index (χ1) is 10.3. The van der Waals surface area contributed by atoms with Crippen LogP contribution in [0.1, 0.15) is 12.5 Å². The number of nitrogens with one attached hydrogen (secondary N) is 1. The van der Waals surface area contributed by atoms with Crippen LogP contribution in [0.3, 0.4) is 0 Å². The van der Waals surface area contributed by atoms with Crippen molar-refractivity contribution in [1.82, 2.24) is 0 Å². The molecule has 0 bridgehead atoms. The summed E-state index contributed by atoms with van der Waals surface area (Å²) in [6.07, 6.45) is 1.53. The van der Waals surface area contributed by atoms with Gasteiger partial charge < -0.3 is 20.9 Å². The van der Waals surface area contributed by atoms with Gasteiger partial charge in [0, 0.05) is 0 Å². The van der Waals surface area contributed by atoms with Crippen molar-refractivity contribution in [1.29, 1.82) is 0 Å². The SMILES string of the molecule is C=CCOC(=O)[C@H](C)Nc1c(C)cccc1Cl.NCC(=O)O. The second-order valence-electron chi connectivity index (χ2n) is 4.31. The molecule has 6 nitrogen and oxygen atoms in total. The molecule has 0 aromatic heterocycles. The lowest BCUT2D eigenvalue weighted by Gasteiger charge is -2.16. The Morgan fingerprint density at radius 2 is 2.14 bits per heavy atom. The molecule has 0 spiro atoms. The Hall–Kier alpha value is -2.05. The number of hydrogen-bond donors (Lipinski definition) is 3. The molecule has 0 amide bonds. The molecule has 0 radical (unpaired) electrons. The molecule has 0 saturated heterocycles. The van der Waals surface area contributed by atoms with Crippen LogP contribution in [0.4, 0.5) is 5.69 Å². The normalized spacial score (nSPS) is 10.7. The lowest BCUT2D eigenvalue weighted by atomic mass is 10.2. The van der Waals surface area contributed by atoms with E-state index < -0.39 is 12.0 Å². The van der Waals surface area contributed by atoms with Crippen molar-refractivity contribution in [3.63, 3.8) is 0 Å². The summed E-state index contributed by atoms with van der Waals surface area (Å²) in [5.74, 6) is -1.30. The van der Waals surface area contributed by atoms with Gasteiger partial charge in [0.15, 0.2) is 0 Å². The minimum absolute atomic E-state index is 0.215. The minimum atomic E-state index is -0.968. The number of rotatable bonds is 6. The fourth-order valence-electron chi connectivity index (χ4n) is 1.36. The molecular formula is C15H21ClN2O4.